The molecule has 1 atom stereocenters. The Morgan fingerprint density at radius 1 is 1.31 bits per heavy atom. The van der Waals surface area contributed by atoms with Crippen LogP contribution in [0.25, 0.3) is 0 Å². The van der Waals surface area contributed by atoms with Crippen LogP contribution in [0.15, 0.2) is 24.3 Å². The summed E-state index contributed by atoms with van der Waals surface area (Å²) in [4.78, 5) is 26.3. The number of ether oxygens (including phenoxy) is 1. The van der Waals surface area contributed by atoms with Gasteiger partial charge in [0.25, 0.3) is 5.91 Å². The van der Waals surface area contributed by atoms with Crippen LogP contribution in [0.2, 0.25) is 0 Å². The van der Waals surface area contributed by atoms with Crippen molar-refractivity contribution in [3.8, 4) is 0 Å². The number of carbonyl (C=O) groups is 2. The van der Waals surface area contributed by atoms with E-state index in [2.05, 4.69) is 12.2 Å². The largest absolute Gasteiger partial charge is 0.451 e. The Bertz CT molecular complexity index is 825. The molecular formula is C21H25NO3S. The highest BCUT2D eigenvalue weighted by molar-refractivity contribution is 7.14. The third kappa shape index (κ3) is 4.15. The van der Waals surface area contributed by atoms with Gasteiger partial charge in [-0.25, -0.2) is 4.79 Å². The molecule has 1 N–H and O–H groups in total. The monoisotopic (exact) mass is 371 g/mol. The van der Waals surface area contributed by atoms with E-state index in [1.807, 2.05) is 38.1 Å². The highest BCUT2D eigenvalue weighted by Crippen LogP contribution is 2.33. The maximum Gasteiger partial charge on any atom is 0.348 e. The molecule has 0 radical (unpaired) electrons. The number of esters is 1. The van der Waals surface area contributed by atoms with Crippen molar-refractivity contribution in [2.75, 3.05) is 11.9 Å². The number of rotatable bonds is 5. The van der Waals surface area contributed by atoms with E-state index in [4.69, 9.17) is 4.74 Å². The van der Waals surface area contributed by atoms with Gasteiger partial charge >= 0.3 is 5.97 Å². The topological polar surface area (TPSA) is 55.4 Å². The number of benzene rings is 1. The summed E-state index contributed by atoms with van der Waals surface area (Å²) in [6.45, 7) is 5.89. The summed E-state index contributed by atoms with van der Waals surface area (Å²) in [5.74, 6) is -0.0164. The minimum atomic E-state index is -0.409. The second kappa shape index (κ2) is 8.04. The first-order valence-corrected chi connectivity index (χ1v) is 9.94. The molecule has 1 aromatic heterocycles. The molecule has 4 nitrogen and oxygen atoms in total. The molecule has 3 rings (SSSR count). The van der Waals surface area contributed by atoms with Crippen LogP contribution >= 0.6 is 11.3 Å². The molecule has 0 unspecified atom stereocenters. The fourth-order valence-electron chi connectivity index (χ4n) is 3.32. The van der Waals surface area contributed by atoms with Gasteiger partial charge in [-0.2, -0.15) is 0 Å². The van der Waals surface area contributed by atoms with Crippen LogP contribution in [-0.2, 0) is 22.4 Å². The predicted octanol–water partition coefficient (Wildman–Crippen LogP) is 4.68. The smallest absolute Gasteiger partial charge is 0.348 e. The van der Waals surface area contributed by atoms with Crippen molar-refractivity contribution < 1.29 is 14.3 Å². The van der Waals surface area contributed by atoms with Gasteiger partial charge in [0.2, 0.25) is 0 Å². The van der Waals surface area contributed by atoms with Crippen LogP contribution in [0, 0.1) is 19.8 Å². The van der Waals surface area contributed by atoms with Gasteiger partial charge in [0.05, 0.1) is 0 Å². The van der Waals surface area contributed by atoms with Crippen molar-refractivity contribution in [2.45, 2.75) is 46.5 Å². The van der Waals surface area contributed by atoms with Crippen molar-refractivity contribution in [2.24, 2.45) is 5.92 Å². The van der Waals surface area contributed by atoms with Gasteiger partial charge in [-0.15, -0.1) is 11.3 Å². The number of fused-ring (bicyclic) bond motifs is 1. The van der Waals surface area contributed by atoms with E-state index in [-0.39, 0.29) is 12.5 Å². The van der Waals surface area contributed by atoms with Crippen molar-refractivity contribution in [1.29, 1.82) is 0 Å². The maximum atomic E-state index is 12.3. The van der Waals surface area contributed by atoms with E-state index in [1.54, 1.807) is 0 Å². The van der Waals surface area contributed by atoms with Crippen LogP contribution in [0.3, 0.4) is 0 Å². The van der Waals surface area contributed by atoms with Crippen LogP contribution < -0.4 is 5.32 Å². The van der Waals surface area contributed by atoms with Crippen molar-refractivity contribution in [3.05, 3.63) is 50.7 Å². The van der Waals surface area contributed by atoms with Gasteiger partial charge < -0.3 is 10.1 Å². The summed E-state index contributed by atoms with van der Waals surface area (Å²) >= 11 is 1.51. The molecule has 0 saturated heterocycles. The van der Waals surface area contributed by atoms with E-state index in [0.29, 0.717) is 10.8 Å². The Morgan fingerprint density at radius 2 is 2.12 bits per heavy atom. The quantitative estimate of drug-likeness (QED) is 0.777. The van der Waals surface area contributed by atoms with Crippen molar-refractivity contribution in [3.63, 3.8) is 0 Å². The van der Waals surface area contributed by atoms with Gasteiger partial charge in [-0.3, -0.25) is 4.79 Å². The second-order valence-corrected chi connectivity index (χ2v) is 8.08. The normalized spacial score (nSPS) is 16.0. The molecule has 1 aromatic carbocycles. The van der Waals surface area contributed by atoms with E-state index in [0.717, 1.165) is 29.7 Å². The number of thiophene rings is 1. The zero-order valence-electron chi connectivity index (χ0n) is 15.6. The minimum Gasteiger partial charge on any atom is -0.451 e. The lowest BCUT2D eigenvalue weighted by Crippen LogP contribution is -2.21. The molecule has 0 aliphatic heterocycles. The van der Waals surface area contributed by atoms with Crippen LogP contribution in [-0.4, -0.2) is 18.5 Å². The summed E-state index contributed by atoms with van der Waals surface area (Å²) in [5.41, 5.74) is 4.15. The number of hydrogen-bond acceptors (Lipinski definition) is 4. The zero-order chi connectivity index (χ0) is 18.7. The lowest BCUT2D eigenvalue weighted by atomic mass is 9.87. The number of carbonyl (C=O) groups excluding carboxylic acids is 2. The first-order valence-electron chi connectivity index (χ1n) is 9.12. The van der Waals surface area contributed by atoms with Gasteiger partial charge in [0.15, 0.2) is 6.61 Å². The molecule has 138 valence electrons. The molecule has 0 spiro atoms. The van der Waals surface area contributed by atoms with Gasteiger partial charge in [0, 0.05) is 10.6 Å². The number of aryl methyl sites for hydroxylation is 2. The third-order valence-corrected chi connectivity index (χ3v) is 6.39. The molecule has 5 heteroatoms. The molecule has 1 heterocycles. The second-order valence-electron chi connectivity index (χ2n) is 6.95. The van der Waals surface area contributed by atoms with E-state index in [1.165, 1.54) is 34.6 Å². The maximum absolute atomic E-state index is 12.3. The molecule has 2 aromatic rings. The van der Waals surface area contributed by atoms with E-state index < -0.39 is 5.97 Å². The SMILES string of the molecule is CC[C@@H]1CCc2sc(C(=O)OCC(=O)Nc3cccc(C)c3C)cc2C1. The summed E-state index contributed by atoms with van der Waals surface area (Å²) in [6.07, 6.45) is 4.45. The molecule has 0 fully saturated rings. The van der Waals surface area contributed by atoms with Gasteiger partial charge in [-0.1, -0.05) is 25.5 Å². The Balaban J connectivity index is 1.56. The molecule has 1 aliphatic carbocycles. The van der Waals surface area contributed by atoms with Crippen LogP contribution in [0.4, 0.5) is 5.69 Å². The highest BCUT2D eigenvalue weighted by Gasteiger charge is 2.23. The Kier molecular flexibility index (Phi) is 5.77. The van der Waals surface area contributed by atoms with Crippen LogP contribution in [0.1, 0.15) is 51.0 Å². The zero-order valence-corrected chi connectivity index (χ0v) is 16.4. The Morgan fingerprint density at radius 3 is 2.88 bits per heavy atom. The molecule has 26 heavy (non-hydrogen) atoms. The Hall–Kier alpha value is -2.14. The average molecular weight is 372 g/mol. The summed E-state index contributed by atoms with van der Waals surface area (Å²) < 4.78 is 5.22. The number of amides is 1. The predicted molar refractivity (Wildman–Crippen MR) is 105 cm³/mol. The Labute approximate surface area is 158 Å². The molecular weight excluding hydrogens is 346 g/mol. The first kappa shape index (κ1) is 18.6. The number of hydrogen-bond donors (Lipinski definition) is 1. The van der Waals surface area contributed by atoms with Crippen molar-refractivity contribution in [1.82, 2.24) is 0 Å². The summed E-state index contributed by atoms with van der Waals surface area (Å²) in [6, 6.07) is 7.68. The van der Waals surface area contributed by atoms with Crippen LogP contribution in [0.5, 0.6) is 0 Å². The standard InChI is InChI=1S/C21H25NO3S/c1-4-15-8-9-18-16(10-15)11-19(26-18)21(24)25-12-20(23)22-17-7-5-6-13(2)14(17)3/h5-7,11,15H,4,8-10,12H2,1-3H3,(H,22,23)/t15-/m1/s1. The fraction of sp³-hybridized carbons (Fsp3) is 0.429. The highest BCUT2D eigenvalue weighted by atomic mass is 32.1. The molecule has 0 saturated carbocycles. The van der Waals surface area contributed by atoms with Gasteiger partial charge in [0.1, 0.15) is 4.88 Å². The molecule has 0 bridgehead atoms. The number of anilines is 1. The summed E-state index contributed by atoms with van der Waals surface area (Å²) in [7, 11) is 0. The third-order valence-electron chi connectivity index (χ3n) is 5.18. The molecule has 1 aliphatic rings. The molecule has 1 amide bonds. The first-order chi connectivity index (χ1) is 12.5. The minimum absolute atomic E-state index is 0.271. The average Bonchev–Trinajstić information content (AvgIpc) is 3.06. The van der Waals surface area contributed by atoms with E-state index >= 15 is 0 Å². The number of nitrogens with one attached hydrogen (secondary N) is 1. The van der Waals surface area contributed by atoms with E-state index in [9.17, 15) is 9.59 Å². The van der Waals surface area contributed by atoms with Gasteiger partial charge in [-0.05, 0) is 67.9 Å². The van der Waals surface area contributed by atoms with Crippen molar-refractivity contribution >= 4 is 28.9 Å². The summed E-state index contributed by atoms with van der Waals surface area (Å²) in [5, 5.41) is 2.81. The lowest BCUT2D eigenvalue weighted by molar-refractivity contribution is -0.119. The fourth-order valence-corrected chi connectivity index (χ4v) is 4.43. The lowest BCUT2D eigenvalue weighted by Gasteiger charge is -2.19.